The lowest BCUT2D eigenvalue weighted by Crippen LogP contribution is -2.34. The number of fused-ring (bicyclic) bond motifs is 1. The average Bonchev–Trinajstić information content (AvgIpc) is 3.88. The third-order valence-corrected chi connectivity index (χ3v) is 7.48. The molecule has 1 saturated heterocycles. The fourth-order valence-corrected chi connectivity index (χ4v) is 4.85. The van der Waals surface area contributed by atoms with Crippen LogP contribution in [0.15, 0.2) is 31.0 Å². The molecule has 5 rings (SSSR count). The number of ether oxygens (including phenoxy) is 2. The molecule has 1 amide bonds. The molecule has 0 spiro atoms. The summed E-state index contributed by atoms with van der Waals surface area (Å²) in [5.41, 5.74) is 2.03. The van der Waals surface area contributed by atoms with Gasteiger partial charge in [-0.25, -0.2) is 10.2 Å². The summed E-state index contributed by atoms with van der Waals surface area (Å²) >= 11 is 1.63. The van der Waals surface area contributed by atoms with Gasteiger partial charge in [-0.2, -0.15) is 15.1 Å². The number of hydrogen-bond acceptors (Lipinski definition) is 10. The van der Waals surface area contributed by atoms with Gasteiger partial charge in [0.15, 0.2) is 5.65 Å². The van der Waals surface area contributed by atoms with Crippen LogP contribution in [0.3, 0.4) is 0 Å². The second-order valence-corrected chi connectivity index (χ2v) is 10.9. The van der Waals surface area contributed by atoms with Gasteiger partial charge in [0.25, 0.3) is 5.91 Å². The average molecular weight is 595 g/mol. The summed E-state index contributed by atoms with van der Waals surface area (Å²) in [5, 5.41) is 18.0. The fraction of sp³-hybridized carbons (Fsp3) is 0.533. The molecular weight excluding hydrogens is 552 g/mol. The zero-order chi connectivity index (χ0) is 30.3. The first-order valence-corrected chi connectivity index (χ1v) is 15.8. The minimum atomic E-state index is -0.232. The Morgan fingerprint density at radius 1 is 1.31 bits per heavy atom. The van der Waals surface area contributed by atoms with Gasteiger partial charge in [0.05, 0.1) is 18.2 Å². The minimum Gasteiger partial charge on any atom is -0.482 e. The number of aromatic nitrogens is 5. The first-order chi connectivity index (χ1) is 20.6. The predicted octanol–water partition coefficient (Wildman–Crippen LogP) is 5.48. The maximum Gasteiger partial charge on any atom is 0.318 e. The number of allylic oxidation sites excluding steroid dienone is 1. The minimum absolute atomic E-state index is 0.184. The van der Waals surface area contributed by atoms with Crippen molar-refractivity contribution in [1.82, 2.24) is 30.5 Å². The number of H-pyrrole nitrogens is 1. The Kier molecular flexibility index (Phi) is 13.4. The molecule has 1 atom stereocenters. The third kappa shape index (κ3) is 9.08. The topological polar surface area (TPSA) is 142 Å². The van der Waals surface area contributed by atoms with E-state index in [4.69, 9.17) is 14.7 Å². The molecule has 226 valence electrons. The predicted molar refractivity (Wildman–Crippen MR) is 167 cm³/mol. The number of nitrogens with one attached hydrogen (secondary N) is 2. The molecule has 1 saturated carbocycles. The van der Waals surface area contributed by atoms with Gasteiger partial charge in [-0.1, -0.05) is 32.3 Å². The standard InChI is InChI=1S/C26H35N7O3S.C3H6.CHN/c1-5-17(6-2)7-11-28-25(34)19-15-21(30-26(29-19)35-3)33-13-9-18(10-14-33)23-22-20(36-16-37-4)8-12-27-24(22)32-31-23;1-2-3-1;1-2/h5,8,12,15,17-18H,1,6-7,9-11,13-14,16H2,2-4H3,(H,28,34)(H,27,31,32);1-3H2;1H. The highest BCUT2D eigenvalue weighted by Gasteiger charge is 2.27. The molecule has 2 fully saturated rings. The lowest BCUT2D eigenvalue weighted by Gasteiger charge is -2.32. The van der Waals surface area contributed by atoms with Crippen LogP contribution in [0.1, 0.15) is 74.0 Å². The molecule has 0 aromatic carbocycles. The first-order valence-electron chi connectivity index (χ1n) is 14.4. The van der Waals surface area contributed by atoms with Crippen LogP contribution in [-0.2, 0) is 0 Å². The van der Waals surface area contributed by atoms with Crippen LogP contribution >= 0.6 is 11.8 Å². The van der Waals surface area contributed by atoms with Crippen LogP contribution in [0.25, 0.3) is 11.0 Å². The van der Waals surface area contributed by atoms with Crippen molar-refractivity contribution in [3.05, 3.63) is 42.4 Å². The Morgan fingerprint density at radius 2 is 2.05 bits per heavy atom. The Hall–Kier alpha value is -3.85. The highest BCUT2D eigenvalue weighted by molar-refractivity contribution is 7.98. The summed E-state index contributed by atoms with van der Waals surface area (Å²) in [6, 6.07) is 3.82. The van der Waals surface area contributed by atoms with E-state index in [2.05, 4.69) is 55.4 Å². The number of piperidine rings is 1. The summed E-state index contributed by atoms with van der Waals surface area (Å²) in [6.07, 6.45) is 13.8. The first kappa shape index (κ1) is 32.7. The van der Waals surface area contributed by atoms with E-state index < -0.39 is 0 Å². The van der Waals surface area contributed by atoms with Crippen LogP contribution in [0.2, 0.25) is 0 Å². The maximum absolute atomic E-state index is 12.8. The van der Waals surface area contributed by atoms with Crippen molar-refractivity contribution in [1.29, 1.82) is 5.26 Å². The van der Waals surface area contributed by atoms with E-state index in [0.29, 0.717) is 35.6 Å². The highest BCUT2D eigenvalue weighted by atomic mass is 32.2. The Balaban J connectivity index is 0.000000891. The van der Waals surface area contributed by atoms with Gasteiger partial charge in [0.1, 0.15) is 23.2 Å². The van der Waals surface area contributed by atoms with Gasteiger partial charge in [0.2, 0.25) is 0 Å². The van der Waals surface area contributed by atoms with E-state index in [0.717, 1.165) is 55.6 Å². The van der Waals surface area contributed by atoms with E-state index in [9.17, 15) is 4.79 Å². The van der Waals surface area contributed by atoms with Gasteiger partial charge in [-0.05, 0) is 43.9 Å². The van der Waals surface area contributed by atoms with Gasteiger partial charge >= 0.3 is 6.01 Å². The largest absolute Gasteiger partial charge is 0.482 e. The van der Waals surface area contributed by atoms with Crippen LogP contribution < -0.4 is 19.7 Å². The summed E-state index contributed by atoms with van der Waals surface area (Å²) in [6.45, 7) is 11.6. The number of thioether (sulfide) groups is 1. The lowest BCUT2D eigenvalue weighted by molar-refractivity contribution is 0.0945. The zero-order valence-electron chi connectivity index (χ0n) is 24.8. The Morgan fingerprint density at radius 3 is 2.67 bits per heavy atom. The number of aromatic amines is 1. The molecule has 0 radical (unpaired) electrons. The number of amides is 1. The van der Waals surface area contributed by atoms with Gasteiger partial charge < -0.3 is 19.7 Å². The van der Waals surface area contributed by atoms with Gasteiger partial charge in [0, 0.05) is 44.4 Å². The molecule has 1 aliphatic carbocycles. The number of rotatable bonds is 12. The summed E-state index contributed by atoms with van der Waals surface area (Å²) in [7, 11) is 1.51. The molecule has 2 aliphatic rings. The van der Waals surface area contributed by atoms with Crippen molar-refractivity contribution in [3.63, 3.8) is 0 Å². The number of hydrogen-bond donors (Lipinski definition) is 2. The summed E-state index contributed by atoms with van der Waals surface area (Å²) < 4.78 is 11.3. The number of nitrogens with zero attached hydrogens (tertiary/aromatic N) is 6. The van der Waals surface area contributed by atoms with Crippen LogP contribution in [0.4, 0.5) is 5.82 Å². The molecule has 4 heterocycles. The quantitative estimate of drug-likeness (QED) is 0.204. The van der Waals surface area contributed by atoms with Crippen LogP contribution in [0.5, 0.6) is 11.8 Å². The van der Waals surface area contributed by atoms with Crippen molar-refractivity contribution in [2.75, 3.05) is 43.8 Å². The fourth-order valence-electron chi connectivity index (χ4n) is 4.61. The second kappa shape index (κ2) is 17.2. The summed E-state index contributed by atoms with van der Waals surface area (Å²) in [5.74, 6) is 2.50. The maximum atomic E-state index is 12.8. The molecule has 42 heavy (non-hydrogen) atoms. The lowest BCUT2D eigenvalue weighted by atomic mass is 9.92. The molecule has 2 N–H and O–H groups in total. The number of carbonyl (C=O) groups is 1. The monoisotopic (exact) mass is 594 g/mol. The number of carbonyl (C=O) groups excluding carboxylic acids is 1. The smallest absolute Gasteiger partial charge is 0.318 e. The van der Waals surface area contributed by atoms with Crippen molar-refractivity contribution < 1.29 is 14.3 Å². The van der Waals surface area contributed by atoms with E-state index >= 15 is 0 Å². The molecule has 11 nitrogen and oxygen atoms in total. The molecule has 1 aliphatic heterocycles. The number of pyridine rings is 1. The van der Waals surface area contributed by atoms with E-state index in [1.54, 1.807) is 24.0 Å². The third-order valence-electron chi connectivity index (χ3n) is 7.12. The number of nitriles is 1. The second-order valence-electron chi connectivity index (χ2n) is 10.1. The Bertz CT molecular complexity index is 1300. The van der Waals surface area contributed by atoms with Crippen molar-refractivity contribution in [2.45, 2.75) is 57.8 Å². The molecule has 1 unspecified atom stereocenters. The van der Waals surface area contributed by atoms with Gasteiger partial charge in [-0.15, -0.1) is 18.3 Å². The molecule has 3 aromatic heterocycles. The number of anilines is 1. The van der Waals surface area contributed by atoms with Crippen molar-refractivity contribution in [2.24, 2.45) is 5.92 Å². The van der Waals surface area contributed by atoms with Crippen LogP contribution in [0, 0.1) is 17.8 Å². The number of methoxy groups -OCH3 is 1. The Labute approximate surface area is 252 Å². The highest BCUT2D eigenvalue weighted by Crippen LogP contribution is 2.36. The zero-order valence-corrected chi connectivity index (χ0v) is 25.7. The van der Waals surface area contributed by atoms with E-state index in [1.807, 2.05) is 18.4 Å². The van der Waals surface area contributed by atoms with Crippen LogP contribution in [-0.4, -0.2) is 70.0 Å². The summed E-state index contributed by atoms with van der Waals surface area (Å²) in [4.78, 5) is 28.2. The van der Waals surface area contributed by atoms with Gasteiger partial charge in [-0.3, -0.25) is 9.89 Å². The normalized spacial score (nSPS) is 14.9. The van der Waals surface area contributed by atoms with Crippen molar-refractivity contribution >= 4 is 34.5 Å². The molecule has 0 bridgehead atoms. The molecule has 3 aromatic rings. The van der Waals surface area contributed by atoms with E-state index in [1.165, 1.54) is 26.4 Å². The van der Waals surface area contributed by atoms with E-state index in [-0.39, 0.29) is 17.8 Å². The SMILES string of the molecule is C#N.C1CC1.C=CC(CC)CCNC(=O)c1cc(N2CCC(c3[nH]nc4nccc(OCSC)c34)CC2)nc(OC)n1. The van der Waals surface area contributed by atoms with Crippen molar-refractivity contribution in [3.8, 4) is 18.3 Å². The molecule has 12 heteroatoms. The molecular formula is C30H42N8O3S.